The molecule has 1 saturated carbocycles. The fraction of sp³-hybridized carbons (Fsp3) is 0.677. The zero-order chi connectivity index (χ0) is 27.2. The Morgan fingerprint density at radius 3 is 2.49 bits per heavy atom. The summed E-state index contributed by atoms with van der Waals surface area (Å²) in [7, 11) is 3.35. The van der Waals surface area contributed by atoms with Gasteiger partial charge in [-0.2, -0.15) is 0 Å². The molecule has 2 amide bonds. The first-order chi connectivity index (χ1) is 17.8. The molecule has 0 radical (unpaired) electrons. The summed E-state index contributed by atoms with van der Waals surface area (Å²) >= 11 is 0. The van der Waals surface area contributed by atoms with Crippen LogP contribution in [0.2, 0.25) is 0 Å². The number of hydrogen-bond donors (Lipinski definition) is 1. The lowest BCUT2D eigenvalue weighted by molar-refractivity contribution is -0.125. The zero-order valence-corrected chi connectivity index (χ0v) is 24.1. The molecule has 1 aliphatic rings. The largest absolute Gasteiger partial charge is 0.497 e. The molecule has 1 fully saturated rings. The van der Waals surface area contributed by atoms with Crippen molar-refractivity contribution in [1.82, 2.24) is 10.2 Å². The third-order valence-electron chi connectivity index (χ3n) is 7.22. The third-order valence-corrected chi connectivity index (χ3v) is 7.22. The predicted molar refractivity (Wildman–Crippen MR) is 152 cm³/mol. The molecule has 0 aliphatic heterocycles. The van der Waals surface area contributed by atoms with Crippen molar-refractivity contribution >= 4 is 17.9 Å². The van der Waals surface area contributed by atoms with Gasteiger partial charge in [-0.3, -0.25) is 9.59 Å². The van der Waals surface area contributed by atoms with Gasteiger partial charge in [-0.15, -0.1) is 0 Å². The summed E-state index contributed by atoms with van der Waals surface area (Å²) in [5.41, 5.74) is 1.63. The maximum atomic E-state index is 13.8. The highest BCUT2D eigenvalue weighted by Crippen LogP contribution is 2.32. The van der Waals surface area contributed by atoms with Crippen LogP contribution in [0.15, 0.2) is 24.3 Å². The van der Waals surface area contributed by atoms with Crippen LogP contribution < -0.4 is 10.1 Å². The molecule has 1 aliphatic carbocycles. The number of nitrogens with one attached hydrogen (secondary N) is 1. The second-order valence-electron chi connectivity index (χ2n) is 10.8. The van der Waals surface area contributed by atoms with Gasteiger partial charge < -0.3 is 19.7 Å². The highest BCUT2D eigenvalue weighted by atomic mass is 16.5. The predicted octanol–water partition coefficient (Wildman–Crippen LogP) is 6.34. The Bertz CT molecular complexity index is 863. The normalized spacial score (nSPS) is 15.1. The van der Waals surface area contributed by atoms with E-state index in [1.807, 2.05) is 18.2 Å². The van der Waals surface area contributed by atoms with Crippen LogP contribution in [0.1, 0.15) is 95.0 Å². The Labute approximate surface area is 225 Å². The molecular formula is C31H50N2O4. The van der Waals surface area contributed by atoms with E-state index in [1.54, 1.807) is 14.2 Å². The Morgan fingerprint density at radius 2 is 1.89 bits per heavy atom. The number of benzene rings is 1. The fourth-order valence-corrected chi connectivity index (χ4v) is 4.61. The van der Waals surface area contributed by atoms with Crippen molar-refractivity contribution in [2.75, 3.05) is 33.9 Å². The molecule has 2 rings (SSSR count). The number of rotatable bonds is 18. The SMILES string of the molecule is CC[C@H](C[C@@H](CC)C(=O)NCCC(C)C)CN(C(=O)c1cc(/C=C\CCCOC)cc(OC)c1)C1CC1. The maximum Gasteiger partial charge on any atom is 0.254 e. The molecule has 0 heterocycles. The van der Waals surface area contributed by atoms with Gasteiger partial charge in [0.05, 0.1) is 7.11 Å². The first-order valence-corrected chi connectivity index (χ1v) is 14.3. The molecule has 2 atom stereocenters. The number of carbonyl (C=O) groups excluding carboxylic acids is 2. The van der Waals surface area contributed by atoms with Gasteiger partial charge in [0.1, 0.15) is 5.75 Å². The molecule has 0 bridgehead atoms. The summed E-state index contributed by atoms with van der Waals surface area (Å²) in [6, 6.07) is 6.06. The van der Waals surface area contributed by atoms with Gasteiger partial charge in [-0.25, -0.2) is 0 Å². The van der Waals surface area contributed by atoms with E-state index in [0.29, 0.717) is 29.8 Å². The minimum absolute atomic E-state index is 0.0139. The minimum Gasteiger partial charge on any atom is -0.497 e. The average Bonchev–Trinajstić information content (AvgIpc) is 3.73. The standard InChI is InChI=1S/C31H50N2O4/c1-7-24(18-26(8-2)30(34)32-16-15-23(3)4)22-33(28-13-14-28)31(35)27-19-25(20-29(21-27)37-6)12-10-9-11-17-36-5/h10,12,19-21,23-24,26,28H,7-9,11,13-18,22H2,1-6H3,(H,32,34)/b12-10-/t24-,26-/m1/s1. The monoisotopic (exact) mass is 514 g/mol. The Balaban J connectivity index is 2.11. The highest BCUT2D eigenvalue weighted by Gasteiger charge is 2.35. The van der Waals surface area contributed by atoms with Crippen molar-refractivity contribution in [2.24, 2.45) is 17.8 Å². The van der Waals surface area contributed by atoms with Gasteiger partial charge in [0.15, 0.2) is 0 Å². The van der Waals surface area contributed by atoms with E-state index >= 15 is 0 Å². The lowest BCUT2D eigenvalue weighted by Gasteiger charge is -2.29. The van der Waals surface area contributed by atoms with Crippen LogP contribution >= 0.6 is 0 Å². The van der Waals surface area contributed by atoms with Crippen LogP contribution in [0, 0.1) is 17.8 Å². The number of carbonyl (C=O) groups is 2. The van der Waals surface area contributed by atoms with Crippen molar-refractivity contribution < 1.29 is 19.1 Å². The number of unbranched alkanes of at least 4 members (excludes halogenated alkanes) is 1. The van der Waals surface area contributed by atoms with Gasteiger partial charge in [0.2, 0.25) is 5.91 Å². The molecule has 1 aromatic carbocycles. The summed E-state index contributed by atoms with van der Waals surface area (Å²) in [4.78, 5) is 28.6. The molecule has 1 aromatic rings. The van der Waals surface area contributed by atoms with Crippen molar-refractivity contribution in [3.8, 4) is 5.75 Å². The van der Waals surface area contributed by atoms with Gasteiger partial charge in [-0.1, -0.05) is 46.3 Å². The molecule has 0 spiro atoms. The summed E-state index contributed by atoms with van der Waals surface area (Å²) in [6.45, 7) is 10.8. The lowest BCUT2D eigenvalue weighted by Crippen LogP contribution is -2.39. The van der Waals surface area contributed by atoms with Crippen LogP contribution in [-0.4, -0.2) is 56.7 Å². The van der Waals surface area contributed by atoms with E-state index in [9.17, 15) is 9.59 Å². The minimum atomic E-state index is -0.0139. The maximum absolute atomic E-state index is 13.8. The van der Waals surface area contributed by atoms with E-state index in [-0.39, 0.29) is 23.7 Å². The van der Waals surface area contributed by atoms with E-state index in [0.717, 1.165) is 70.1 Å². The summed E-state index contributed by atoms with van der Waals surface area (Å²) in [5, 5.41) is 3.13. The van der Waals surface area contributed by atoms with E-state index in [1.165, 1.54) is 0 Å². The highest BCUT2D eigenvalue weighted by molar-refractivity contribution is 5.95. The van der Waals surface area contributed by atoms with Crippen molar-refractivity contribution in [3.63, 3.8) is 0 Å². The van der Waals surface area contributed by atoms with Crippen LogP contribution in [0.3, 0.4) is 0 Å². The topological polar surface area (TPSA) is 67.9 Å². The molecular weight excluding hydrogens is 464 g/mol. The van der Waals surface area contributed by atoms with Gasteiger partial charge in [0, 0.05) is 44.3 Å². The van der Waals surface area contributed by atoms with Crippen LogP contribution in [0.4, 0.5) is 0 Å². The smallest absolute Gasteiger partial charge is 0.254 e. The van der Waals surface area contributed by atoms with E-state index in [4.69, 9.17) is 9.47 Å². The Morgan fingerprint density at radius 1 is 1.14 bits per heavy atom. The third kappa shape index (κ3) is 10.9. The number of nitrogens with zero attached hydrogens (tertiary/aromatic N) is 1. The average molecular weight is 515 g/mol. The molecule has 6 heteroatoms. The summed E-state index contributed by atoms with van der Waals surface area (Å²) in [5.74, 6) is 1.75. The van der Waals surface area contributed by atoms with Crippen molar-refractivity contribution in [3.05, 3.63) is 35.4 Å². The van der Waals surface area contributed by atoms with Crippen LogP contribution in [0.25, 0.3) is 6.08 Å². The number of methoxy groups -OCH3 is 2. The second-order valence-corrected chi connectivity index (χ2v) is 10.8. The summed E-state index contributed by atoms with van der Waals surface area (Å²) < 4.78 is 10.6. The molecule has 1 N–H and O–H groups in total. The zero-order valence-electron chi connectivity index (χ0n) is 24.1. The Hall–Kier alpha value is -2.34. The number of ether oxygens (including phenoxy) is 2. The number of amides is 2. The number of hydrogen-bond acceptors (Lipinski definition) is 4. The van der Waals surface area contributed by atoms with Crippen molar-refractivity contribution in [1.29, 1.82) is 0 Å². The lowest BCUT2D eigenvalue weighted by atomic mass is 9.89. The quantitative estimate of drug-likeness (QED) is 0.232. The molecule has 37 heavy (non-hydrogen) atoms. The van der Waals surface area contributed by atoms with Crippen LogP contribution in [-0.2, 0) is 9.53 Å². The summed E-state index contributed by atoms with van der Waals surface area (Å²) in [6.07, 6.45) is 11.7. The second kappa shape index (κ2) is 16.5. The van der Waals surface area contributed by atoms with Crippen molar-refractivity contribution in [2.45, 2.75) is 85.1 Å². The van der Waals surface area contributed by atoms with Gasteiger partial charge in [-0.05, 0) is 80.5 Å². The van der Waals surface area contributed by atoms with E-state index in [2.05, 4.69) is 50.1 Å². The van der Waals surface area contributed by atoms with Gasteiger partial charge >= 0.3 is 0 Å². The molecule has 208 valence electrons. The van der Waals surface area contributed by atoms with E-state index < -0.39 is 0 Å². The first kappa shape index (κ1) is 30.9. The Kier molecular flexibility index (Phi) is 13.8. The first-order valence-electron chi connectivity index (χ1n) is 14.3. The number of allylic oxidation sites excluding steroid dienone is 1. The molecule has 6 nitrogen and oxygen atoms in total. The van der Waals surface area contributed by atoms with Crippen LogP contribution in [0.5, 0.6) is 5.75 Å². The van der Waals surface area contributed by atoms with Gasteiger partial charge in [0.25, 0.3) is 5.91 Å². The molecule has 0 aromatic heterocycles. The fourth-order valence-electron chi connectivity index (χ4n) is 4.61. The molecule has 0 unspecified atom stereocenters. The molecule has 0 saturated heterocycles.